The maximum atomic E-state index is 12.6. The third-order valence-electron chi connectivity index (χ3n) is 4.86. The zero-order chi connectivity index (χ0) is 14.4. The molecule has 2 aromatic carbocycles. The first-order valence-electron chi connectivity index (χ1n) is 7.39. The Morgan fingerprint density at radius 3 is 2.67 bits per heavy atom. The minimum Gasteiger partial charge on any atom is -0.325 e. The zero-order valence-electron chi connectivity index (χ0n) is 12.0. The smallest absolute Gasteiger partial charge is 0.238 e. The third kappa shape index (κ3) is 1.69. The summed E-state index contributed by atoms with van der Waals surface area (Å²) >= 11 is 0. The molecule has 1 N–H and O–H groups in total. The molecule has 104 valence electrons. The molecule has 0 saturated heterocycles. The minimum atomic E-state index is -0.538. The molecule has 1 aliphatic carbocycles. The van der Waals surface area contributed by atoms with Gasteiger partial charge in [0.05, 0.1) is 5.41 Å². The van der Waals surface area contributed by atoms with Gasteiger partial charge in [0.25, 0.3) is 0 Å². The fraction of sp³-hybridized carbons (Fsp3) is 0.211. The monoisotopic (exact) mass is 275 g/mol. The molecule has 21 heavy (non-hydrogen) atoms. The van der Waals surface area contributed by atoms with Crippen molar-refractivity contribution >= 4 is 17.7 Å². The minimum absolute atomic E-state index is 0.0920. The molecular formula is C19H17NO. The van der Waals surface area contributed by atoms with Crippen LogP contribution >= 0.6 is 0 Å². The quantitative estimate of drug-likeness (QED) is 0.839. The Labute approximate surface area is 124 Å². The van der Waals surface area contributed by atoms with Gasteiger partial charge in [-0.2, -0.15) is 0 Å². The molecule has 1 amide bonds. The predicted molar refractivity (Wildman–Crippen MR) is 85.2 cm³/mol. The van der Waals surface area contributed by atoms with E-state index in [0.29, 0.717) is 0 Å². The van der Waals surface area contributed by atoms with Crippen molar-refractivity contribution in [3.8, 4) is 0 Å². The van der Waals surface area contributed by atoms with Crippen LogP contribution in [0.2, 0.25) is 0 Å². The van der Waals surface area contributed by atoms with E-state index in [9.17, 15) is 4.79 Å². The van der Waals surface area contributed by atoms with E-state index in [1.165, 1.54) is 16.7 Å². The van der Waals surface area contributed by atoms with E-state index in [1.807, 2.05) is 25.1 Å². The number of rotatable bonds is 1. The number of anilines is 1. The second kappa shape index (κ2) is 4.32. The summed E-state index contributed by atoms with van der Waals surface area (Å²) in [5.41, 5.74) is 5.34. The third-order valence-corrected chi connectivity index (χ3v) is 4.86. The molecule has 0 spiro atoms. The maximum Gasteiger partial charge on any atom is 0.238 e. The lowest BCUT2D eigenvalue weighted by atomic mass is 9.72. The van der Waals surface area contributed by atoms with Gasteiger partial charge in [0.1, 0.15) is 0 Å². The number of fused-ring (bicyclic) bond motifs is 2. The van der Waals surface area contributed by atoms with Gasteiger partial charge < -0.3 is 5.32 Å². The highest BCUT2D eigenvalue weighted by atomic mass is 16.2. The zero-order valence-corrected chi connectivity index (χ0v) is 12.0. The molecule has 0 saturated carbocycles. The molecular weight excluding hydrogens is 258 g/mol. The Kier molecular flexibility index (Phi) is 2.55. The molecule has 1 aliphatic heterocycles. The Morgan fingerprint density at radius 1 is 1.00 bits per heavy atom. The number of carbonyl (C=O) groups excluding carboxylic acids is 1. The summed E-state index contributed by atoms with van der Waals surface area (Å²) in [5.74, 6) is 0.0920. The van der Waals surface area contributed by atoms with Gasteiger partial charge in [0, 0.05) is 5.69 Å². The van der Waals surface area contributed by atoms with Crippen molar-refractivity contribution in [2.75, 3.05) is 5.32 Å². The average Bonchev–Trinajstić information content (AvgIpc) is 2.79. The van der Waals surface area contributed by atoms with Gasteiger partial charge in [-0.1, -0.05) is 48.5 Å². The van der Waals surface area contributed by atoms with Crippen LogP contribution in [0.4, 0.5) is 5.69 Å². The number of amides is 1. The summed E-state index contributed by atoms with van der Waals surface area (Å²) in [4.78, 5) is 12.6. The molecule has 1 heterocycles. The maximum absolute atomic E-state index is 12.6. The van der Waals surface area contributed by atoms with Crippen LogP contribution in [0.1, 0.15) is 30.0 Å². The first-order valence-corrected chi connectivity index (χ1v) is 7.39. The molecule has 4 rings (SSSR count). The van der Waals surface area contributed by atoms with Crippen molar-refractivity contribution in [1.82, 2.24) is 0 Å². The summed E-state index contributed by atoms with van der Waals surface area (Å²) in [6.07, 6.45) is 4.16. The van der Waals surface area contributed by atoms with Gasteiger partial charge in [-0.3, -0.25) is 4.79 Å². The van der Waals surface area contributed by atoms with Crippen LogP contribution in [0.5, 0.6) is 0 Å². The highest BCUT2D eigenvalue weighted by molar-refractivity contribution is 6.09. The second-order valence-electron chi connectivity index (χ2n) is 5.99. The topological polar surface area (TPSA) is 29.1 Å². The normalized spacial score (nSPS) is 23.1. The SMILES string of the molecule is CC1(C2=Cc3ccccc3CC2)C(=O)Nc2ccccc21. The van der Waals surface area contributed by atoms with E-state index in [0.717, 1.165) is 24.1 Å². The fourth-order valence-corrected chi connectivity index (χ4v) is 3.54. The van der Waals surface area contributed by atoms with Gasteiger partial charge >= 0.3 is 0 Å². The molecule has 2 aromatic rings. The van der Waals surface area contributed by atoms with Gasteiger partial charge in [-0.15, -0.1) is 0 Å². The molecule has 0 aromatic heterocycles. The standard InChI is InChI=1S/C19H17NO/c1-19(16-8-4-5-9-17(16)20-18(19)21)15-11-10-13-6-2-3-7-14(13)12-15/h2-9,12H,10-11H2,1H3,(H,20,21). The van der Waals surface area contributed by atoms with Crippen molar-refractivity contribution in [1.29, 1.82) is 0 Å². The van der Waals surface area contributed by atoms with Crippen LogP contribution in [0.15, 0.2) is 54.1 Å². The number of benzene rings is 2. The van der Waals surface area contributed by atoms with Crippen molar-refractivity contribution in [3.63, 3.8) is 0 Å². The highest BCUT2D eigenvalue weighted by Crippen LogP contribution is 2.45. The highest BCUT2D eigenvalue weighted by Gasteiger charge is 2.45. The molecule has 2 nitrogen and oxygen atoms in total. The van der Waals surface area contributed by atoms with Gasteiger partial charge in [-0.25, -0.2) is 0 Å². The van der Waals surface area contributed by atoms with Crippen LogP contribution in [0.3, 0.4) is 0 Å². The first-order chi connectivity index (χ1) is 10.2. The van der Waals surface area contributed by atoms with E-state index in [-0.39, 0.29) is 5.91 Å². The van der Waals surface area contributed by atoms with Crippen molar-refractivity contribution in [2.24, 2.45) is 0 Å². The second-order valence-corrected chi connectivity index (χ2v) is 5.99. The first kappa shape index (κ1) is 12.4. The van der Waals surface area contributed by atoms with Crippen molar-refractivity contribution in [2.45, 2.75) is 25.2 Å². The molecule has 0 bridgehead atoms. The largest absolute Gasteiger partial charge is 0.325 e. The van der Waals surface area contributed by atoms with Crippen LogP contribution in [0.25, 0.3) is 6.08 Å². The van der Waals surface area contributed by atoms with E-state index in [4.69, 9.17) is 0 Å². The van der Waals surface area contributed by atoms with Crippen LogP contribution in [-0.2, 0) is 16.6 Å². The van der Waals surface area contributed by atoms with Crippen LogP contribution in [0, 0.1) is 0 Å². The van der Waals surface area contributed by atoms with Crippen molar-refractivity contribution < 1.29 is 4.79 Å². The Balaban J connectivity index is 1.87. The number of hydrogen-bond donors (Lipinski definition) is 1. The molecule has 2 heteroatoms. The van der Waals surface area contributed by atoms with E-state index in [2.05, 4.69) is 41.7 Å². The van der Waals surface area contributed by atoms with E-state index >= 15 is 0 Å². The number of aryl methyl sites for hydroxylation is 1. The lowest BCUT2D eigenvalue weighted by molar-refractivity contribution is -0.119. The summed E-state index contributed by atoms with van der Waals surface area (Å²) in [5, 5.41) is 3.03. The van der Waals surface area contributed by atoms with E-state index < -0.39 is 5.41 Å². The number of nitrogens with one attached hydrogen (secondary N) is 1. The lowest BCUT2D eigenvalue weighted by Gasteiger charge is -2.29. The summed E-state index contributed by atoms with van der Waals surface area (Å²) in [6, 6.07) is 16.5. The lowest BCUT2D eigenvalue weighted by Crippen LogP contribution is -2.34. The predicted octanol–water partition coefficient (Wildman–Crippen LogP) is 3.93. The molecule has 1 unspecified atom stereocenters. The summed E-state index contributed by atoms with van der Waals surface area (Å²) in [6.45, 7) is 2.05. The number of carbonyl (C=O) groups is 1. The Hall–Kier alpha value is -2.35. The fourth-order valence-electron chi connectivity index (χ4n) is 3.54. The Bertz CT molecular complexity index is 775. The van der Waals surface area contributed by atoms with Crippen LogP contribution in [-0.4, -0.2) is 5.91 Å². The molecule has 0 fully saturated rings. The average molecular weight is 275 g/mol. The number of para-hydroxylation sites is 1. The Morgan fingerprint density at radius 2 is 1.76 bits per heavy atom. The summed E-state index contributed by atoms with van der Waals surface area (Å²) in [7, 11) is 0. The molecule has 1 atom stereocenters. The van der Waals surface area contributed by atoms with Gasteiger partial charge in [0.2, 0.25) is 5.91 Å². The molecule has 2 aliphatic rings. The van der Waals surface area contributed by atoms with Crippen LogP contribution < -0.4 is 5.32 Å². The molecule has 0 radical (unpaired) electrons. The van der Waals surface area contributed by atoms with Crippen molar-refractivity contribution in [3.05, 3.63) is 70.8 Å². The van der Waals surface area contributed by atoms with Gasteiger partial charge in [-0.05, 0) is 48.1 Å². The van der Waals surface area contributed by atoms with Gasteiger partial charge in [0.15, 0.2) is 0 Å². The number of hydrogen-bond acceptors (Lipinski definition) is 1. The summed E-state index contributed by atoms with van der Waals surface area (Å²) < 4.78 is 0. The van der Waals surface area contributed by atoms with E-state index in [1.54, 1.807) is 0 Å².